The minimum atomic E-state index is -0.621. The van der Waals surface area contributed by atoms with Gasteiger partial charge in [0.05, 0.1) is 0 Å². The Hall–Kier alpha value is -2.36. The van der Waals surface area contributed by atoms with E-state index in [9.17, 15) is 4.79 Å². The lowest BCUT2D eigenvalue weighted by Gasteiger charge is -2.02. The second-order valence-electron chi connectivity index (χ2n) is 2.98. The van der Waals surface area contributed by atoms with Crippen LogP contribution in [0.3, 0.4) is 0 Å². The molecule has 2 aromatic rings. The summed E-state index contributed by atoms with van der Waals surface area (Å²) < 4.78 is 0. The highest BCUT2D eigenvalue weighted by Gasteiger charge is 2.09. The number of para-hydroxylation sites is 1. The molecule has 0 aliphatic rings. The number of pyridine rings is 1. The SMILES string of the molecule is O=C(OOc1ccccc1)c1ccccn1. The summed E-state index contributed by atoms with van der Waals surface area (Å²) in [7, 11) is 0. The third kappa shape index (κ3) is 2.57. The fourth-order valence-corrected chi connectivity index (χ4v) is 1.09. The van der Waals surface area contributed by atoms with Gasteiger partial charge in [-0.05, 0) is 24.3 Å². The number of benzene rings is 1. The molecule has 0 aliphatic heterocycles. The predicted octanol–water partition coefficient (Wildman–Crippen LogP) is 2.23. The molecule has 0 fully saturated rings. The number of carbonyl (C=O) groups excluding carboxylic acids is 1. The Morgan fingerprint density at radius 1 is 1.00 bits per heavy atom. The van der Waals surface area contributed by atoms with Crippen molar-refractivity contribution in [2.75, 3.05) is 0 Å². The Morgan fingerprint density at radius 3 is 2.44 bits per heavy atom. The first kappa shape index (κ1) is 10.2. The summed E-state index contributed by atoms with van der Waals surface area (Å²) in [4.78, 5) is 24.7. The zero-order valence-corrected chi connectivity index (χ0v) is 8.37. The molecule has 0 unspecified atom stereocenters. The molecule has 0 spiro atoms. The average Bonchev–Trinajstić information content (AvgIpc) is 2.38. The van der Waals surface area contributed by atoms with Crippen LogP contribution in [0.2, 0.25) is 0 Å². The maximum absolute atomic E-state index is 11.4. The molecule has 1 heterocycles. The Balaban J connectivity index is 1.95. The summed E-state index contributed by atoms with van der Waals surface area (Å²) >= 11 is 0. The molecule has 16 heavy (non-hydrogen) atoms. The standard InChI is InChI=1S/C12H9NO3/c14-12(11-8-4-5-9-13-11)16-15-10-6-2-1-3-7-10/h1-9H. The number of rotatable bonds is 3. The summed E-state index contributed by atoms with van der Waals surface area (Å²) in [5.41, 5.74) is 0.207. The Morgan fingerprint density at radius 2 is 1.75 bits per heavy atom. The summed E-state index contributed by atoms with van der Waals surface area (Å²) in [6.45, 7) is 0. The summed E-state index contributed by atoms with van der Waals surface area (Å²) in [6, 6.07) is 13.7. The van der Waals surface area contributed by atoms with E-state index >= 15 is 0 Å². The molecule has 80 valence electrons. The van der Waals surface area contributed by atoms with Crippen LogP contribution in [0.4, 0.5) is 0 Å². The van der Waals surface area contributed by atoms with Gasteiger partial charge in [0.25, 0.3) is 0 Å². The number of hydrogen-bond acceptors (Lipinski definition) is 4. The highest BCUT2D eigenvalue weighted by molar-refractivity contribution is 5.86. The lowest BCUT2D eigenvalue weighted by Crippen LogP contribution is -2.09. The van der Waals surface area contributed by atoms with Crippen LogP contribution in [-0.2, 0) is 4.89 Å². The van der Waals surface area contributed by atoms with Gasteiger partial charge in [-0.15, -0.1) is 0 Å². The molecule has 4 heteroatoms. The smallest absolute Gasteiger partial charge is 0.287 e. The minimum Gasteiger partial charge on any atom is -0.287 e. The molecule has 0 aliphatic carbocycles. The van der Waals surface area contributed by atoms with Gasteiger partial charge in [0, 0.05) is 6.20 Å². The molecule has 0 saturated carbocycles. The van der Waals surface area contributed by atoms with Gasteiger partial charge in [-0.1, -0.05) is 24.3 Å². The van der Waals surface area contributed by atoms with Crippen molar-refractivity contribution in [2.45, 2.75) is 0 Å². The van der Waals surface area contributed by atoms with Crippen LogP contribution in [0.25, 0.3) is 0 Å². The zero-order valence-electron chi connectivity index (χ0n) is 8.37. The number of carbonyl (C=O) groups is 1. The first-order chi connectivity index (χ1) is 7.86. The minimum absolute atomic E-state index is 0.207. The third-order valence-corrected chi connectivity index (χ3v) is 1.83. The predicted molar refractivity (Wildman–Crippen MR) is 56.7 cm³/mol. The van der Waals surface area contributed by atoms with Crippen LogP contribution in [-0.4, -0.2) is 11.0 Å². The molecule has 0 saturated heterocycles. The molecule has 0 N–H and O–H groups in total. The van der Waals surface area contributed by atoms with Crippen LogP contribution in [0.5, 0.6) is 5.75 Å². The second kappa shape index (κ2) is 4.93. The van der Waals surface area contributed by atoms with E-state index < -0.39 is 5.97 Å². The number of aromatic nitrogens is 1. The number of nitrogens with zero attached hydrogens (tertiary/aromatic N) is 1. The number of hydrogen-bond donors (Lipinski definition) is 0. The van der Waals surface area contributed by atoms with E-state index in [2.05, 4.69) is 9.87 Å². The molecular formula is C12H9NO3. The summed E-state index contributed by atoms with van der Waals surface area (Å²) in [5.74, 6) is -0.156. The fourth-order valence-electron chi connectivity index (χ4n) is 1.09. The Bertz CT molecular complexity index is 456. The molecule has 1 aromatic heterocycles. The first-order valence-electron chi connectivity index (χ1n) is 4.71. The maximum Gasteiger partial charge on any atom is 0.404 e. The van der Waals surface area contributed by atoms with Crippen LogP contribution in [0.15, 0.2) is 54.7 Å². The fraction of sp³-hybridized carbons (Fsp3) is 0. The van der Waals surface area contributed by atoms with Crippen molar-refractivity contribution in [3.8, 4) is 5.75 Å². The van der Waals surface area contributed by atoms with Gasteiger partial charge < -0.3 is 0 Å². The lowest BCUT2D eigenvalue weighted by atomic mass is 10.3. The molecule has 0 radical (unpaired) electrons. The quantitative estimate of drug-likeness (QED) is 0.582. The van der Waals surface area contributed by atoms with Gasteiger partial charge in [-0.3, -0.25) is 4.89 Å². The Kier molecular flexibility index (Phi) is 3.13. The molecular weight excluding hydrogens is 206 g/mol. The average molecular weight is 215 g/mol. The topological polar surface area (TPSA) is 48.4 Å². The van der Waals surface area contributed by atoms with Crippen molar-refractivity contribution in [3.63, 3.8) is 0 Å². The van der Waals surface area contributed by atoms with E-state index in [1.165, 1.54) is 6.20 Å². The van der Waals surface area contributed by atoms with Gasteiger partial charge in [0.1, 0.15) is 0 Å². The van der Waals surface area contributed by atoms with Gasteiger partial charge in [0.15, 0.2) is 11.4 Å². The lowest BCUT2D eigenvalue weighted by molar-refractivity contribution is -0.149. The van der Waals surface area contributed by atoms with Crippen molar-refractivity contribution in [1.82, 2.24) is 4.98 Å². The van der Waals surface area contributed by atoms with Gasteiger partial charge in [-0.2, -0.15) is 0 Å². The van der Waals surface area contributed by atoms with Crippen molar-refractivity contribution in [1.29, 1.82) is 0 Å². The van der Waals surface area contributed by atoms with E-state index in [1.54, 1.807) is 42.5 Å². The van der Waals surface area contributed by atoms with Crippen LogP contribution < -0.4 is 4.89 Å². The summed E-state index contributed by atoms with van der Waals surface area (Å²) in [6.07, 6.45) is 1.51. The molecule has 0 bridgehead atoms. The summed E-state index contributed by atoms with van der Waals surface area (Å²) in [5, 5.41) is 0. The highest BCUT2D eigenvalue weighted by atomic mass is 17.2. The van der Waals surface area contributed by atoms with E-state index in [4.69, 9.17) is 4.89 Å². The van der Waals surface area contributed by atoms with Crippen molar-refractivity contribution < 1.29 is 14.6 Å². The molecule has 2 rings (SSSR count). The van der Waals surface area contributed by atoms with E-state index in [-0.39, 0.29) is 5.69 Å². The van der Waals surface area contributed by atoms with Crippen LogP contribution >= 0.6 is 0 Å². The third-order valence-electron chi connectivity index (χ3n) is 1.83. The largest absolute Gasteiger partial charge is 0.404 e. The molecule has 4 nitrogen and oxygen atoms in total. The van der Waals surface area contributed by atoms with E-state index in [0.717, 1.165) is 0 Å². The second-order valence-corrected chi connectivity index (χ2v) is 2.98. The maximum atomic E-state index is 11.4. The zero-order chi connectivity index (χ0) is 11.2. The van der Waals surface area contributed by atoms with Crippen molar-refractivity contribution >= 4 is 5.97 Å². The van der Waals surface area contributed by atoms with E-state index in [1.807, 2.05) is 6.07 Å². The molecule has 0 atom stereocenters. The molecule has 1 aromatic carbocycles. The van der Waals surface area contributed by atoms with Gasteiger partial charge in [-0.25, -0.2) is 14.7 Å². The van der Waals surface area contributed by atoms with Crippen molar-refractivity contribution in [2.24, 2.45) is 0 Å². The Labute approximate surface area is 92.4 Å². The normalized spacial score (nSPS) is 9.50. The van der Waals surface area contributed by atoms with Crippen LogP contribution in [0, 0.1) is 0 Å². The van der Waals surface area contributed by atoms with Crippen LogP contribution in [0.1, 0.15) is 10.5 Å². The molecule has 0 amide bonds. The first-order valence-corrected chi connectivity index (χ1v) is 4.71. The monoisotopic (exact) mass is 215 g/mol. The van der Waals surface area contributed by atoms with Gasteiger partial charge in [0.2, 0.25) is 0 Å². The van der Waals surface area contributed by atoms with E-state index in [0.29, 0.717) is 5.75 Å². The van der Waals surface area contributed by atoms with Gasteiger partial charge >= 0.3 is 5.97 Å². The van der Waals surface area contributed by atoms with Crippen molar-refractivity contribution in [3.05, 3.63) is 60.4 Å². The highest BCUT2D eigenvalue weighted by Crippen LogP contribution is 2.09.